The van der Waals surface area contributed by atoms with E-state index in [0.29, 0.717) is 11.8 Å². The minimum Gasteiger partial charge on any atom is -0.355 e. The lowest BCUT2D eigenvalue weighted by atomic mass is 9.48. The highest BCUT2D eigenvalue weighted by Crippen LogP contribution is 2.61. The number of carbonyl (C=O) groups is 1. The van der Waals surface area contributed by atoms with Crippen molar-refractivity contribution in [2.45, 2.75) is 57.8 Å². The van der Waals surface area contributed by atoms with E-state index in [1.165, 1.54) is 45.6 Å². The molecule has 0 radical (unpaired) electrons. The van der Waals surface area contributed by atoms with Crippen LogP contribution < -0.4 is 5.32 Å². The third-order valence-corrected chi connectivity index (χ3v) is 6.93. The standard InChI is InChI=1S/C21H27F2NO/c1-24-20(25)16-8-18(22)17(19(23)9-16)3-2-4-21-10-13-5-14(11-21)7-15(6-13)12-21/h8-9,13-15H,2-7,10-12H2,1H3,(H,24,25). The third-order valence-electron chi connectivity index (χ3n) is 6.93. The van der Waals surface area contributed by atoms with Crippen LogP contribution in [0.1, 0.15) is 67.3 Å². The van der Waals surface area contributed by atoms with Gasteiger partial charge in [-0.1, -0.05) is 0 Å². The van der Waals surface area contributed by atoms with Crippen LogP contribution in [0.4, 0.5) is 8.78 Å². The van der Waals surface area contributed by atoms with Crippen molar-refractivity contribution in [3.8, 4) is 0 Å². The Balaban J connectivity index is 1.41. The van der Waals surface area contributed by atoms with E-state index in [9.17, 15) is 13.6 Å². The van der Waals surface area contributed by atoms with Gasteiger partial charge in [0.2, 0.25) is 0 Å². The van der Waals surface area contributed by atoms with Gasteiger partial charge in [-0.2, -0.15) is 0 Å². The fourth-order valence-corrected chi connectivity index (χ4v) is 6.35. The Bertz CT molecular complexity index is 626. The molecule has 4 heteroatoms. The summed E-state index contributed by atoms with van der Waals surface area (Å²) in [7, 11) is 1.46. The van der Waals surface area contributed by atoms with E-state index < -0.39 is 17.5 Å². The zero-order chi connectivity index (χ0) is 17.6. The zero-order valence-corrected chi connectivity index (χ0v) is 14.9. The van der Waals surface area contributed by atoms with Gasteiger partial charge in [0.15, 0.2) is 0 Å². The Hall–Kier alpha value is -1.45. The minimum atomic E-state index is -0.593. The van der Waals surface area contributed by atoms with Gasteiger partial charge in [-0.25, -0.2) is 8.78 Å². The van der Waals surface area contributed by atoms with Crippen LogP contribution in [0.25, 0.3) is 0 Å². The minimum absolute atomic E-state index is 0.0438. The molecule has 0 aliphatic heterocycles. The quantitative estimate of drug-likeness (QED) is 0.809. The van der Waals surface area contributed by atoms with Gasteiger partial charge < -0.3 is 5.32 Å². The van der Waals surface area contributed by atoms with Crippen molar-refractivity contribution >= 4 is 5.91 Å². The fourth-order valence-electron chi connectivity index (χ4n) is 6.35. The summed E-state index contributed by atoms with van der Waals surface area (Å²) in [5, 5.41) is 2.40. The van der Waals surface area contributed by atoms with Gasteiger partial charge in [-0.15, -0.1) is 0 Å². The third kappa shape index (κ3) is 3.20. The molecule has 0 atom stereocenters. The van der Waals surface area contributed by atoms with Gasteiger partial charge in [0.25, 0.3) is 5.91 Å². The molecule has 136 valence electrons. The monoisotopic (exact) mass is 347 g/mol. The molecule has 0 saturated heterocycles. The molecule has 2 nitrogen and oxygen atoms in total. The van der Waals surface area contributed by atoms with E-state index >= 15 is 0 Å². The van der Waals surface area contributed by atoms with Crippen LogP contribution in [0.5, 0.6) is 0 Å². The normalized spacial score (nSPS) is 32.8. The fraction of sp³-hybridized carbons (Fsp3) is 0.667. The number of benzene rings is 1. The Morgan fingerprint density at radius 1 is 1.08 bits per heavy atom. The topological polar surface area (TPSA) is 29.1 Å². The van der Waals surface area contributed by atoms with Crippen molar-refractivity contribution in [3.63, 3.8) is 0 Å². The summed E-state index contributed by atoms with van der Waals surface area (Å²) in [6, 6.07) is 2.31. The van der Waals surface area contributed by atoms with Gasteiger partial charge in [-0.3, -0.25) is 4.79 Å². The largest absolute Gasteiger partial charge is 0.355 e. The summed E-state index contributed by atoms with van der Waals surface area (Å²) in [6.07, 6.45) is 10.6. The van der Waals surface area contributed by atoms with Crippen LogP contribution in [0.3, 0.4) is 0 Å². The maximum Gasteiger partial charge on any atom is 0.251 e. The van der Waals surface area contributed by atoms with Crippen LogP contribution in [0, 0.1) is 34.8 Å². The molecule has 5 rings (SSSR count). The molecular formula is C21H27F2NO. The Kier molecular flexibility index (Phi) is 4.33. The van der Waals surface area contributed by atoms with Crippen molar-refractivity contribution in [2.24, 2.45) is 23.2 Å². The molecule has 25 heavy (non-hydrogen) atoms. The molecule has 0 aromatic heterocycles. The Morgan fingerprint density at radius 3 is 2.08 bits per heavy atom. The maximum absolute atomic E-state index is 14.3. The maximum atomic E-state index is 14.3. The van der Waals surface area contributed by atoms with Crippen LogP contribution >= 0.6 is 0 Å². The molecule has 0 spiro atoms. The second-order valence-corrected chi connectivity index (χ2v) is 8.77. The number of hydrogen-bond donors (Lipinski definition) is 1. The average molecular weight is 347 g/mol. The summed E-state index contributed by atoms with van der Waals surface area (Å²) in [4.78, 5) is 11.6. The lowest BCUT2D eigenvalue weighted by molar-refractivity contribution is -0.0580. The number of amides is 1. The van der Waals surface area contributed by atoms with E-state index in [1.54, 1.807) is 0 Å². The average Bonchev–Trinajstić information content (AvgIpc) is 2.55. The lowest BCUT2D eigenvalue weighted by Gasteiger charge is -2.57. The Labute approximate surface area is 148 Å². The highest BCUT2D eigenvalue weighted by molar-refractivity contribution is 5.94. The first kappa shape index (κ1) is 17.0. The number of nitrogens with one attached hydrogen (secondary N) is 1. The van der Waals surface area contributed by atoms with E-state index in [-0.39, 0.29) is 11.1 Å². The smallest absolute Gasteiger partial charge is 0.251 e. The second kappa shape index (κ2) is 6.37. The number of halogens is 2. The molecule has 4 aliphatic rings. The first-order valence-corrected chi connectivity index (χ1v) is 9.68. The van der Waals surface area contributed by atoms with Crippen LogP contribution in [0.15, 0.2) is 12.1 Å². The molecule has 1 aromatic carbocycles. The Morgan fingerprint density at radius 2 is 1.60 bits per heavy atom. The van der Waals surface area contributed by atoms with Crippen molar-refractivity contribution in [3.05, 3.63) is 34.9 Å². The molecule has 4 aliphatic carbocycles. The van der Waals surface area contributed by atoms with Crippen molar-refractivity contribution in [1.82, 2.24) is 5.32 Å². The molecule has 1 N–H and O–H groups in total. The van der Waals surface area contributed by atoms with Crippen molar-refractivity contribution < 1.29 is 13.6 Å². The second-order valence-electron chi connectivity index (χ2n) is 8.77. The highest BCUT2D eigenvalue weighted by atomic mass is 19.1. The summed E-state index contributed by atoms with van der Waals surface area (Å²) in [5.41, 5.74) is 0.628. The first-order chi connectivity index (χ1) is 12.0. The molecule has 1 aromatic rings. The van der Waals surface area contributed by atoms with Crippen LogP contribution in [-0.4, -0.2) is 13.0 Å². The highest BCUT2D eigenvalue weighted by Gasteiger charge is 2.50. The molecule has 4 fully saturated rings. The number of carbonyl (C=O) groups excluding carboxylic acids is 1. The molecule has 1 amide bonds. The predicted molar refractivity (Wildman–Crippen MR) is 93.3 cm³/mol. The van der Waals surface area contributed by atoms with Gasteiger partial charge >= 0.3 is 0 Å². The predicted octanol–water partition coefficient (Wildman–Crippen LogP) is 4.86. The molecular weight excluding hydrogens is 320 g/mol. The van der Waals surface area contributed by atoms with Crippen LogP contribution in [0.2, 0.25) is 0 Å². The molecule has 0 unspecified atom stereocenters. The lowest BCUT2D eigenvalue weighted by Crippen LogP contribution is -2.45. The van der Waals surface area contributed by atoms with Gasteiger partial charge in [0.05, 0.1) is 0 Å². The van der Waals surface area contributed by atoms with Crippen molar-refractivity contribution in [1.29, 1.82) is 0 Å². The van der Waals surface area contributed by atoms with Gasteiger partial charge in [0, 0.05) is 18.2 Å². The van der Waals surface area contributed by atoms with Crippen LogP contribution in [-0.2, 0) is 6.42 Å². The zero-order valence-electron chi connectivity index (χ0n) is 14.9. The number of hydrogen-bond acceptors (Lipinski definition) is 1. The SMILES string of the molecule is CNC(=O)c1cc(F)c(CCCC23CC4CC(CC(C4)C2)C3)c(F)c1. The molecule has 0 heterocycles. The summed E-state index contributed by atoms with van der Waals surface area (Å²) in [5.74, 6) is 1.08. The van der Waals surface area contributed by atoms with Crippen molar-refractivity contribution in [2.75, 3.05) is 7.05 Å². The summed E-state index contributed by atoms with van der Waals surface area (Å²) >= 11 is 0. The van der Waals surface area contributed by atoms with E-state index in [0.717, 1.165) is 42.7 Å². The van der Waals surface area contributed by atoms with Gasteiger partial charge in [-0.05, 0) is 93.1 Å². The van der Waals surface area contributed by atoms with Gasteiger partial charge in [0.1, 0.15) is 11.6 Å². The van der Waals surface area contributed by atoms with E-state index in [2.05, 4.69) is 5.32 Å². The molecule has 4 bridgehead atoms. The first-order valence-electron chi connectivity index (χ1n) is 9.68. The summed E-state index contributed by atoms with van der Waals surface area (Å²) in [6.45, 7) is 0. The molecule has 4 saturated carbocycles. The van der Waals surface area contributed by atoms with E-state index in [1.807, 2.05) is 0 Å². The summed E-state index contributed by atoms with van der Waals surface area (Å²) < 4.78 is 28.5. The van der Waals surface area contributed by atoms with E-state index in [4.69, 9.17) is 0 Å². The number of rotatable bonds is 5.